The van der Waals surface area contributed by atoms with Crippen LogP contribution in [-0.2, 0) is 9.84 Å². The minimum absolute atomic E-state index is 0.243. The summed E-state index contributed by atoms with van der Waals surface area (Å²) in [5.74, 6) is 0.589. The van der Waals surface area contributed by atoms with Gasteiger partial charge in [0.05, 0.1) is 34.5 Å². The normalized spacial score (nSPS) is 15.0. The summed E-state index contributed by atoms with van der Waals surface area (Å²) >= 11 is 0. The molecule has 132 valence electrons. The average Bonchev–Trinajstić information content (AvgIpc) is 3.14. The number of aromatic amines is 1. The Balaban J connectivity index is 1.65. The van der Waals surface area contributed by atoms with Crippen molar-refractivity contribution in [3.05, 3.63) is 36.8 Å². The molecule has 1 saturated carbocycles. The van der Waals surface area contributed by atoms with E-state index >= 15 is 0 Å². The fourth-order valence-electron chi connectivity index (χ4n) is 3.08. The first-order chi connectivity index (χ1) is 12.5. The summed E-state index contributed by atoms with van der Waals surface area (Å²) in [7, 11) is -3.30. The molecule has 4 aromatic rings. The predicted molar refractivity (Wildman–Crippen MR) is 98.3 cm³/mol. The first-order valence-electron chi connectivity index (χ1n) is 8.27. The molecule has 0 saturated heterocycles. The monoisotopic (exact) mass is 368 g/mol. The van der Waals surface area contributed by atoms with Crippen molar-refractivity contribution < 1.29 is 8.42 Å². The van der Waals surface area contributed by atoms with Gasteiger partial charge in [-0.2, -0.15) is 10.2 Å². The van der Waals surface area contributed by atoms with Crippen LogP contribution in [0.2, 0.25) is 0 Å². The summed E-state index contributed by atoms with van der Waals surface area (Å²) in [6, 6.07) is 5.46. The van der Waals surface area contributed by atoms with E-state index in [2.05, 4.69) is 25.6 Å². The smallest absolute Gasteiger partial charge is 0.175 e. The van der Waals surface area contributed by atoms with Gasteiger partial charge in [-0.1, -0.05) is 6.07 Å². The molecule has 1 aliphatic carbocycles. The van der Waals surface area contributed by atoms with Crippen LogP contribution in [-0.4, -0.2) is 39.6 Å². The van der Waals surface area contributed by atoms with Crippen LogP contribution in [0.3, 0.4) is 0 Å². The van der Waals surface area contributed by atoms with Crippen molar-refractivity contribution >= 4 is 43.1 Å². The second kappa shape index (κ2) is 5.28. The molecule has 8 nitrogen and oxygen atoms in total. The third-order valence-electron chi connectivity index (χ3n) is 4.58. The Morgan fingerprint density at radius 3 is 2.85 bits per heavy atom. The van der Waals surface area contributed by atoms with E-state index in [1.807, 2.05) is 10.9 Å². The van der Waals surface area contributed by atoms with E-state index in [1.54, 1.807) is 30.6 Å². The number of nitrogens with zero attached hydrogens (tertiary/aromatic N) is 4. The van der Waals surface area contributed by atoms with Gasteiger partial charge in [0, 0.05) is 23.2 Å². The standard InChI is InChI=1S/C17H16N6O2S/c1-26(24,25)12-4-5-13-14-8-18-22-16(14)17(21-15(13)6-12)20-10-7-19-23(9-10)11-2-3-11/h4-9,11H,2-3H2,1H3,(H,18,22)(H,20,21). The molecular formula is C17H16N6O2S. The van der Waals surface area contributed by atoms with E-state index < -0.39 is 9.84 Å². The molecule has 0 aliphatic heterocycles. The molecule has 1 aromatic carbocycles. The third kappa shape index (κ3) is 2.51. The van der Waals surface area contributed by atoms with E-state index in [0.29, 0.717) is 17.4 Å². The number of aromatic nitrogens is 5. The maximum atomic E-state index is 11.9. The van der Waals surface area contributed by atoms with E-state index in [-0.39, 0.29) is 4.90 Å². The molecule has 1 fully saturated rings. The minimum Gasteiger partial charge on any atom is -0.336 e. The summed E-state index contributed by atoms with van der Waals surface area (Å²) in [5.41, 5.74) is 2.20. The number of benzene rings is 1. The largest absolute Gasteiger partial charge is 0.336 e. The van der Waals surface area contributed by atoms with Gasteiger partial charge in [0.15, 0.2) is 15.7 Å². The maximum Gasteiger partial charge on any atom is 0.175 e. The molecule has 0 atom stereocenters. The van der Waals surface area contributed by atoms with E-state index in [0.717, 1.165) is 34.8 Å². The number of sulfone groups is 1. The highest BCUT2D eigenvalue weighted by Gasteiger charge is 2.24. The Labute approximate surface area is 149 Å². The van der Waals surface area contributed by atoms with Crippen LogP contribution in [0, 0.1) is 0 Å². The molecule has 0 spiro atoms. The van der Waals surface area contributed by atoms with Crippen LogP contribution in [0.5, 0.6) is 0 Å². The number of rotatable bonds is 4. The lowest BCUT2D eigenvalue weighted by Gasteiger charge is -2.08. The lowest BCUT2D eigenvalue weighted by molar-refractivity contribution is 0.602. The number of anilines is 2. The van der Waals surface area contributed by atoms with Gasteiger partial charge in [0.25, 0.3) is 0 Å². The molecule has 5 rings (SSSR count). The number of hydrogen-bond donors (Lipinski definition) is 2. The molecule has 3 heterocycles. The average molecular weight is 368 g/mol. The fourth-order valence-corrected chi connectivity index (χ4v) is 3.72. The zero-order valence-electron chi connectivity index (χ0n) is 14.0. The molecular weight excluding hydrogens is 352 g/mol. The van der Waals surface area contributed by atoms with Gasteiger partial charge in [0.2, 0.25) is 0 Å². The second-order valence-corrected chi connectivity index (χ2v) is 8.65. The Morgan fingerprint density at radius 2 is 2.08 bits per heavy atom. The maximum absolute atomic E-state index is 11.9. The second-order valence-electron chi connectivity index (χ2n) is 6.64. The molecule has 0 unspecified atom stereocenters. The van der Waals surface area contributed by atoms with Crippen molar-refractivity contribution in [3.63, 3.8) is 0 Å². The van der Waals surface area contributed by atoms with Gasteiger partial charge in [-0.3, -0.25) is 9.78 Å². The van der Waals surface area contributed by atoms with Crippen molar-refractivity contribution in [2.24, 2.45) is 0 Å². The Morgan fingerprint density at radius 1 is 1.23 bits per heavy atom. The number of H-pyrrole nitrogens is 1. The molecule has 9 heteroatoms. The van der Waals surface area contributed by atoms with E-state index in [4.69, 9.17) is 0 Å². The zero-order valence-corrected chi connectivity index (χ0v) is 14.8. The SMILES string of the molecule is CS(=O)(=O)c1ccc2c(c1)nc(Nc1cnn(C3CC3)c1)c1[nH]ncc12. The van der Waals surface area contributed by atoms with Crippen molar-refractivity contribution in [3.8, 4) is 0 Å². The first kappa shape index (κ1) is 15.3. The van der Waals surface area contributed by atoms with Gasteiger partial charge < -0.3 is 5.32 Å². The highest BCUT2D eigenvalue weighted by Crippen LogP contribution is 2.35. The highest BCUT2D eigenvalue weighted by molar-refractivity contribution is 7.90. The van der Waals surface area contributed by atoms with Crippen molar-refractivity contribution in [2.45, 2.75) is 23.8 Å². The van der Waals surface area contributed by atoms with E-state index in [9.17, 15) is 8.42 Å². The van der Waals surface area contributed by atoms with Crippen LogP contribution in [0.15, 0.2) is 41.7 Å². The molecule has 0 amide bonds. The highest BCUT2D eigenvalue weighted by atomic mass is 32.2. The number of fused-ring (bicyclic) bond motifs is 3. The fraction of sp³-hybridized carbons (Fsp3) is 0.235. The van der Waals surface area contributed by atoms with Crippen molar-refractivity contribution in [2.75, 3.05) is 11.6 Å². The molecule has 0 bridgehead atoms. The number of nitrogens with one attached hydrogen (secondary N) is 2. The van der Waals surface area contributed by atoms with E-state index in [1.165, 1.54) is 6.26 Å². The van der Waals surface area contributed by atoms with Gasteiger partial charge >= 0.3 is 0 Å². The minimum atomic E-state index is -3.30. The van der Waals surface area contributed by atoms with Crippen molar-refractivity contribution in [1.29, 1.82) is 0 Å². The van der Waals surface area contributed by atoms with Crippen LogP contribution in [0.25, 0.3) is 21.8 Å². The summed E-state index contributed by atoms with van der Waals surface area (Å²) in [4.78, 5) is 4.87. The number of pyridine rings is 1. The molecule has 2 N–H and O–H groups in total. The van der Waals surface area contributed by atoms with Crippen LogP contribution >= 0.6 is 0 Å². The predicted octanol–water partition coefficient (Wildman–Crippen LogP) is 2.79. The first-order valence-corrected chi connectivity index (χ1v) is 10.2. The third-order valence-corrected chi connectivity index (χ3v) is 5.69. The molecule has 3 aromatic heterocycles. The van der Waals surface area contributed by atoms with Gasteiger partial charge in [-0.25, -0.2) is 13.4 Å². The Kier molecular flexibility index (Phi) is 3.11. The van der Waals surface area contributed by atoms with Crippen LogP contribution in [0.4, 0.5) is 11.5 Å². The Bertz CT molecular complexity index is 1250. The topological polar surface area (TPSA) is 106 Å². The Hall–Kier alpha value is -2.94. The van der Waals surface area contributed by atoms with Crippen LogP contribution < -0.4 is 5.32 Å². The zero-order chi connectivity index (χ0) is 17.9. The van der Waals surface area contributed by atoms with Crippen molar-refractivity contribution in [1.82, 2.24) is 25.0 Å². The summed E-state index contributed by atoms with van der Waals surface area (Å²) in [6.07, 6.45) is 8.95. The van der Waals surface area contributed by atoms with Gasteiger partial charge in [0.1, 0.15) is 5.52 Å². The summed E-state index contributed by atoms with van der Waals surface area (Å²) in [6.45, 7) is 0. The lowest BCUT2D eigenvalue weighted by atomic mass is 10.1. The van der Waals surface area contributed by atoms with Crippen LogP contribution in [0.1, 0.15) is 18.9 Å². The van der Waals surface area contributed by atoms with Gasteiger partial charge in [-0.05, 0) is 25.0 Å². The number of hydrogen-bond acceptors (Lipinski definition) is 6. The summed E-state index contributed by atoms with van der Waals surface area (Å²) < 4.78 is 25.7. The summed E-state index contributed by atoms with van der Waals surface area (Å²) in [5, 5.41) is 16.5. The lowest BCUT2D eigenvalue weighted by Crippen LogP contribution is -1.99. The quantitative estimate of drug-likeness (QED) is 0.574. The van der Waals surface area contributed by atoms with Gasteiger partial charge in [-0.15, -0.1) is 0 Å². The molecule has 26 heavy (non-hydrogen) atoms. The molecule has 0 radical (unpaired) electrons. The molecule has 1 aliphatic rings.